The smallest absolute Gasteiger partial charge is 0.225 e. The maximum absolute atomic E-state index is 11.5. The standard InChI is InChI=1S/C12H13NO2S2/c1-2-16-11-7-8-12(17(13,14)15)10-6-4-3-5-9(10)11/h3-8H,2H2,1H3,(H2,13,14,15). The summed E-state index contributed by atoms with van der Waals surface area (Å²) >= 11 is 1.69. The summed E-state index contributed by atoms with van der Waals surface area (Å²) in [6.07, 6.45) is 0. The number of hydrogen-bond donors (Lipinski definition) is 1. The topological polar surface area (TPSA) is 60.2 Å². The van der Waals surface area contributed by atoms with Crippen molar-refractivity contribution in [2.24, 2.45) is 5.14 Å². The van der Waals surface area contributed by atoms with Crippen LogP contribution >= 0.6 is 11.8 Å². The summed E-state index contributed by atoms with van der Waals surface area (Å²) in [7, 11) is -3.67. The van der Waals surface area contributed by atoms with E-state index in [1.807, 2.05) is 24.3 Å². The van der Waals surface area contributed by atoms with Crippen LogP contribution in [0.1, 0.15) is 6.92 Å². The van der Waals surface area contributed by atoms with Gasteiger partial charge in [-0.25, -0.2) is 13.6 Å². The van der Waals surface area contributed by atoms with E-state index in [1.165, 1.54) is 0 Å². The third kappa shape index (κ3) is 2.46. The highest BCUT2D eigenvalue weighted by Gasteiger charge is 2.13. The minimum atomic E-state index is -3.67. The lowest BCUT2D eigenvalue weighted by atomic mass is 10.1. The second kappa shape index (κ2) is 4.68. The van der Waals surface area contributed by atoms with Crippen molar-refractivity contribution < 1.29 is 8.42 Å². The molecule has 0 fully saturated rings. The average molecular weight is 267 g/mol. The Morgan fingerprint density at radius 1 is 1.12 bits per heavy atom. The van der Waals surface area contributed by atoms with E-state index in [1.54, 1.807) is 23.9 Å². The number of hydrogen-bond acceptors (Lipinski definition) is 3. The number of thioether (sulfide) groups is 1. The summed E-state index contributed by atoms with van der Waals surface area (Å²) in [6, 6.07) is 10.8. The van der Waals surface area contributed by atoms with E-state index in [-0.39, 0.29) is 4.90 Å². The van der Waals surface area contributed by atoms with Crippen LogP contribution in [0.5, 0.6) is 0 Å². The highest BCUT2D eigenvalue weighted by molar-refractivity contribution is 7.99. The van der Waals surface area contributed by atoms with E-state index in [9.17, 15) is 8.42 Å². The molecule has 2 aromatic rings. The fraction of sp³-hybridized carbons (Fsp3) is 0.167. The second-order valence-electron chi connectivity index (χ2n) is 3.59. The molecule has 0 aliphatic carbocycles. The molecule has 0 heterocycles. The van der Waals surface area contributed by atoms with Gasteiger partial charge >= 0.3 is 0 Å². The Bertz CT molecular complexity index is 651. The molecule has 17 heavy (non-hydrogen) atoms. The summed E-state index contributed by atoms with van der Waals surface area (Å²) in [5.74, 6) is 0.943. The Morgan fingerprint density at radius 2 is 1.76 bits per heavy atom. The molecule has 0 radical (unpaired) electrons. The van der Waals surface area contributed by atoms with Crippen molar-refractivity contribution in [1.29, 1.82) is 0 Å². The molecule has 0 aliphatic rings. The molecule has 3 nitrogen and oxygen atoms in total. The number of primary sulfonamides is 1. The van der Waals surface area contributed by atoms with Gasteiger partial charge in [0.25, 0.3) is 0 Å². The quantitative estimate of drug-likeness (QED) is 0.870. The van der Waals surface area contributed by atoms with Gasteiger partial charge in [0.15, 0.2) is 0 Å². The molecule has 0 aliphatic heterocycles. The van der Waals surface area contributed by atoms with Gasteiger partial charge in [0.05, 0.1) is 4.90 Å². The molecule has 2 rings (SSSR count). The zero-order valence-electron chi connectivity index (χ0n) is 9.38. The van der Waals surface area contributed by atoms with Gasteiger partial charge in [-0.3, -0.25) is 0 Å². The van der Waals surface area contributed by atoms with Crippen LogP contribution in [0.2, 0.25) is 0 Å². The maximum Gasteiger partial charge on any atom is 0.238 e. The monoisotopic (exact) mass is 267 g/mol. The number of rotatable bonds is 3. The highest BCUT2D eigenvalue weighted by atomic mass is 32.2. The van der Waals surface area contributed by atoms with Gasteiger partial charge < -0.3 is 0 Å². The molecule has 2 N–H and O–H groups in total. The van der Waals surface area contributed by atoms with Crippen LogP contribution in [-0.2, 0) is 10.0 Å². The second-order valence-corrected chi connectivity index (χ2v) is 6.42. The van der Waals surface area contributed by atoms with E-state index in [2.05, 4.69) is 6.92 Å². The summed E-state index contributed by atoms with van der Waals surface area (Å²) in [4.78, 5) is 1.27. The van der Waals surface area contributed by atoms with E-state index in [0.29, 0.717) is 5.39 Å². The van der Waals surface area contributed by atoms with Gasteiger partial charge in [-0.2, -0.15) is 0 Å². The summed E-state index contributed by atoms with van der Waals surface area (Å²) in [6.45, 7) is 2.06. The molecule has 5 heteroatoms. The Morgan fingerprint density at radius 3 is 2.35 bits per heavy atom. The van der Waals surface area contributed by atoms with Gasteiger partial charge in [-0.15, -0.1) is 11.8 Å². The van der Waals surface area contributed by atoms with Crippen molar-refractivity contribution in [2.75, 3.05) is 5.75 Å². The van der Waals surface area contributed by atoms with Crippen LogP contribution in [0.3, 0.4) is 0 Å². The molecule has 0 bridgehead atoms. The highest BCUT2D eigenvalue weighted by Crippen LogP contribution is 2.31. The lowest BCUT2D eigenvalue weighted by Crippen LogP contribution is -2.12. The Hall–Kier alpha value is -1.04. The minimum absolute atomic E-state index is 0.188. The van der Waals surface area contributed by atoms with E-state index in [4.69, 9.17) is 5.14 Å². The van der Waals surface area contributed by atoms with Crippen molar-refractivity contribution in [3.63, 3.8) is 0 Å². The molecule has 0 unspecified atom stereocenters. The van der Waals surface area contributed by atoms with Gasteiger partial charge in [0.1, 0.15) is 0 Å². The normalized spacial score (nSPS) is 11.9. The minimum Gasteiger partial charge on any atom is -0.225 e. The van der Waals surface area contributed by atoms with Crippen molar-refractivity contribution in [3.05, 3.63) is 36.4 Å². The van der Waals surface area contributed by atoms with Gasteiger partial charge in [-0.1, -0.05) is 31.2 Å². The molecule has 0 aromatic heterocycles. The first-order valence-corrected chi connectivity index (χ1v) is 7.74. The third-order valence-corrected chi connectivity index (χ3v) is 4.38. The van der Waals surface area contributed by atoms with Crippen LogP contribution in [0, 0.1) is 0 Å². The van der Waals surface area contributed by atoms with Crippen LogP contribution in [0.15, 0.2) is 46.2 Å². The summed E-state index contributed by atoms with van der Waals surface area (Å²) < 4.78 is 23.0. The fourth-order valence-corrected chi connectivity index (χ4v) is 3.32. The Kier molecular flexibility index (Phi) is 3.42. The van der Waals surface area contributed by atoms with Crippen LogP contribution in [-0.4, -0.2) is 14.2 Å². The van der Waals surface area contributed by atoms with Crippen molar-refractivity contribution in [3.8, 4) is 0 Å². The molecule has 0 spiro atoms. The first-order chi connectivity index (χ1) is 8.04. The van der Waals surface area contributed by atoms with Crippen molar-refractivity contribution in [2.45, 2.75) is 16.7 Å². The number of benzene rings is 2. The lowest BCUT2D eigenvalue weighted by molar-refractivity contribution is 0.598. The SMILES string of the molecule is CCSc1ccc(S(N)(=O)=O)c2ccccc12. The number of fused-ring (bicyclic) bond motifs is 1. The summed E-state index contributed by atoms with van der Waals surface area (Å²) in [5.41, 5.74) is 0. The van der Waals surface area contributed by atoms with E-state index < -0.39 is 10.0 Å². The largest absolute Gasteiger partial charge is 0.238 e. The predicted molar refractivity (Wildman–Crippen MR) is 71.7 cm³/mol. The molecule has 2 aromatic carbocycles. The van der Waals surface area contributed by atoms with E-state index >= 15 is 0 Å². The van der Waals surface area contributed by atoms with Crippen LogP contribution < -0.4 is 5.14 Å². The van der Waals surface area contributed by atoms with Crippen molar-refractivity contribution >= 4 is 32.6 Å². The molecular weight excluding hydrogens is 254 g/mol. The first-order valence-electron chi connectivity index (χ1n) is 5.21. The molecule has 0 atom stereocenters. The summed E-state index contributed by atoms with van der Waals surface area (Å²) in [5, 5.41) is 6.84. The zero-order chi connectivity index (χ0) is 12.5. The van der Waals surface area contributed by atoms with Gasteiger partial charge in [0, 0.05) is 10.3 Å². The molecule has 0 amide bonds. The predicted octanol–water partition coefficient (Wildman–Crippen LogP) is 2.60. The Balaban J connectivity index is 2.80. The van der Waals surface area contributed by atoms with Crippen molar-refractivity contribution in [1.82, 2.24) is 0 Å². The molecule has 0 saturated carbocycles. The average Bonchev–Trinajstić information content (AvgIpc) is 2.28. The van der Waals surface area contributed by atoms with Crippen LogP contribution in [0.25, 0.3) is 10.8 Å². The number of sulfonamides is 1. The molecular formula is C12H13NO2S2. The zero-order valence-corrected chi connectivity index (χ0v) is 11.0. The van der Waals surface area contributed by atoms with Crippen LogP contribution in [0.4, 0.5) is 0 Å². The van der Waals surface area contributed by atoms with Gasteiger partial charge in [0.2, 0.25) is 10.0 Å². The Labute approximate surface area is 105 Å². The number of nitrogens with two attached hydrogens (primary N) is 1. The maximum atomic E-state index is 11.5. The first kappa shape index (κ1) is 12.4. The van der Waals surface area contributed by atoms with Gasteiger partial charge in [-0.05, 0) is 23.3 Å². The van der Waals surface area contributed by atoms with E-state index in [0.717, 1.165) is 16.0 Å². The fourth-order valence-electron chi connectivity index (χ4n) is 1.77. The molecule has 0 saturated heterocycles. The molecule has 90 valence electrons. The lowest BCUT2D eigenvalue weighted by Gasteiger charge is -2.08. The third-order valence-electron chi connectivity index (χ3n) is 2.45.